The molecule has 4 aliphatic rings. The van der Waals surface area contributed by atoms with E-state index in [4.69, 9.17) is 33.2 Å². The monoisotopic (exact) mass is 727 g/mol. The van der Waals surface area contributed by atoms with Crippen LogP contribution in [0.15, 0.2) is 11.3 Å². The number of fused-ring (bicyclic) bond motifs is 2. The van der Waals surface area contributed by atoms with Crippen molar-refractivity contribution in [2.24, 2.45) is 17.8 Å². The van der Waals surface area contributed by atoms with Gasteiger partial charge in [0.25, 0.3) is 0 Å². The summed E-state index contributed by atoms with van der Waals surface area (Å²) in [6, 6.07) is 0.572. The van der Waals surface area contributed by atoms with E-state index in [0.29, 0.717) is 24.6 Å². The van der Waals surface area contributed by atoms with Crippen molar-refractivity contribution in [2.45, 2.75) is 199 Å². The predicted molar refractivity (Wildman–Crippen MR) is 191 cm³/mol. The molecule has 3 fully saturated rings. The molecular weight excluding hydrogens is 658 g/mol. The van der Waals surface area contributed by atoms with Gasteiger partial charge in [-0.05, 0) is 87.8 Å². The summed E-state index contributed by atoms with van der Waals surface area (Å²) in [5.41, 5.74) is -2.75. The zero-order valence-electron chi connectivity index (χ0n) is 33.7. The minimum atomic E-state index is -1.78. The first-order valence-electron chi connectivity index (χ1n) is 19.2. The number of rotatable bonds is 8. The van der Waals surface area contributed by atoms with Crippen molar-refractivity contribution in [1.82, 2.24) is 4.90 Å². The van der Waals surface area contributed by atoms with Crippen LogP contribution in [0.25, 0.3) is 0 Å². The number of aliphatic hydroxyl groups is 3. The molecule has 51 heavy (non-hydrogen) atoms. The maximum absolute atomic E-state index is 14.2. The van der Waals surface area contributed by atoms with E-state index in [1.54, 1.807) is 21.0 Å². The van der Waals surface area contributed by atoms with Crippen molar-refractivity contribution in [1.29, 1.82) is 0 Å². The third-order valence-corrected chi connectivity index (χ3v) is 12.5. The number of hydrogen-bond acceptors (Lipinski definition) is 12. The minimum absolute atomic E-state index is 0.0488. The highest BCUT2D eigenvalue weighted by Gasteiger charge is 2.55. The molecule has 16 atom stereocenters. The number of esters is 1. The lowest BCUT2D eigenvalue weighted by molar-refractivity contribution is -0.307. The van der Waals surface area contributed by atoms with E-state index < -0.39 is 89.7 Å². The number of carbonyl (C=O) groups excluding carboxylic acids is 1. The Balaban J connectivity index is 1.81. The fourth-order valence-corrected chi connectivity index (χ4v) is 9.01. The van der Waals surface area contributed by atoms with Gasteiger partial charge in [0.2, 0.25) is 0 Å². The van der Waals surface area contributed by atoms with E-state index in [9.17, 15) is 20.1 Å². The highest BCUT2D eigenvalue weighted by atomic mass is 16.7. The second-order valence-corrected chi connectivity index (χ2v) is 17.0. The average molecular weight is 728 g/mol. The summed E-state index contributed by atoms with van der Waals surface area (Å²) in [6.07, 6.45) is -4.26. The zero-order valence-corrected chi connectivity index (χ0v) is 33.7. The molecule has 0 aromatic carbocycles. The van der Waals surface area contributed by atoms with Gasteiger partial charge in [0.05, 0.1) is 35.9 Å². The Kier molecular flexibility index (Phi) is 13.4. The molecule has 2 bridgehead atoms. The summed E-state index contributed by atoms with van der Waals surface area (Å²) >= 11 is 0. The van der Waals surface area contributed by atoms with Crippen LogP contribution in [0.4, 0.5) is 0 Å². The number of aliphatic hydroxyl groups excluding tert-OH is 2. The van der Waals surface area contributed by atoms with Crippen molar-refractivity contribution in [3.63, 3.8) is 0 Å². The molecule has 0 aromatic heterocycles. The summed E-state index contributed by atoms with van der Waals surface area (Å²) in [5.74, 6) is -1.96. The van der Waals surface area contributed by atoms with Crippen molar-refractivity contribution < 1.29 is 53.3 Å². The molecule has 0 radical (unpaired) electrons. The van der Waals surface area contributed by atoms with Gasteiger partial charge in [0.15, 0.2) is 12.6 Å². The molecule has 3 N–H and O–H groups in total. The fraction of sp³-hybridized carbons (Fsp3) is 0.923. The Hall–Kier alpha value is -1.35. The van der Waals surface area contributed by atoms with Gasteiger partial charge in [0, 0.05) is 50.3 Å². The molecule has 4 heterocycles. The lowest BCUT2D eigenvalue weighted by Gasteiger charge is -2.48. The number of ether oxygens (including phenoxy) is 7. The Morgan fingerprint density at radius 1 is 0.961 bits per heavy atom. The normalized spacial score (nSPS) is 47.4. The summed E-state index contributed by atoms with van der Waals surface area (Å²) in [6.45, 7) is 22.9. The summed E-state index contributed by atoms with van der Waals surface area (Å²) < 4.78 is 45.3. The quantitative estimate of drug-likeness (QED) is 0.298. The van der Waals surface area contributed by atoms with E-state index in [-0.39, 0.29) is 25.0 Å². The topological polar surface area (TPSA) is 146 Å². The number of carbonyl (C=O) groups is 1. The largest absolute Gasteiger partial charge is 0.489 e. The minimum Gasteiger partial charge on any atom is -0.489 e. The van der Waals surface area contributed by atoms with Crippen LogP contribution in [-0.4, -0.2) is 125 Å². The van der Waals surface area contributed by atoms with Gasteiger partial charge in [-0.15, -0.1) is 0 Å². The molecule has 0 saturated carbocycles. The number of hydrogen-bond donors (Lipinski definition) is 3. The third kappa shape index (κ3) is 8.65. The van der Waals surface area contributed by atoms with E-state index in [1.165, 1.54) is 6.92 Å². The first-order chi connectivity index (χ1) is 23.6. The van der Waals surface area contributed by atoms with Gasteiger partial charge < -0.3 is 53.4 Å². The first-order valence-corrected chi connectivity index (χ1v) is 19.2. The number of nitrogens with zero attached hydrogens (tertiary/aromatic N) is 1. The average Bonchev–Trinajstić information content (AvgIpc) is 3.38. The highest BCUT2D eigenvalue weighted by molar-refractivity contribution is 5.73. The lowest BCUT2D eigenvalue weighted by atomic mass is 9.78. The molecule has 0 amide bonds. The number of cyclic esters (lactones) is 1. The second kappa shape index (κ2) is 16.2. The van der Waals surface area contributed by atoms with Gasteiger partial charge in [-0.3, -0.25) is 4.79 Å². The van der Waals surface area contributed by atoms with E-state index in [2.05, 4.69) is 32.7 Å². The van der Waals surface area contributed by atoms with E-state index in [1.807, 2.05) is 41.5 Å². The second-order valence-electron chi connectivity index (χ2n) is 17.0. The van der Waals surface area contributed by atoms with Crippen molar-refractivity contribution in [3.8, 4) is 0 Å². The molecule has 0 aliphatic carbocycles. The van der Waals surface area contributed by atoms with Gasteiger partial charge >= 0.3 is 5.97 Å². The van der Waals surface area contributed by atoms with Crippen LogP contribution in [0.5, 0.6) is 0 Å². The van der Waals surface area contributed by atoms with Crippen LogP contribution in [0.1, 0.15) is 115 Å². The molecule has 296 valence electrons. The van der Waals surface area contributed by atoms with Gasteiger partial charge in [0.1, 0.15) is 35.3 Å². The van der Waals surface area contributed by atoms with Crippen LogP contribution in [0, 0.1) is 17.8 Å². The van der Waals surface area contributed by atoms with Gasteiger partial charge in [-0.25, -0.2) is 0 Å². The predicted octanol–water partition coefficient (Wildman–Crippen LogP) is 4.70. The molecule has 4 rings (SSSR count). The Bertz CT molecular complexity index is 1230. The summed E-state index contributed by atoms with van der Waals surface area (Å²) in [5, 5.41) is 34.4. The molecule has 0 aromatic rings. The third-order valence-electron chi connectivity index (χ3n) is 12.5. The van der Waals surface area contributed by atoms with Gasteiger partial charge in [-0.2, -0.15) is 0 Å². The molecule has 3 saturated heterocycles. The van der Waals surface area contributed by atoms with Crippen LogP contribution < -0.4 is 0 Å². The van der Waals surface area contributed by atoms with E-state index in [0.717, 1.165) is 12.0 Å². The fourth-order valence-electron chi connectivity index (χ4n) is 9.01. The number of methoxy groups -OCH3 is 1. The maximum Gasteiger partial charge on any atom is 0.311 e. The molecule has 4 aliphatic heterocycles. The van der Waals surface area contributed by atoms with Crippen LogP contribution in [0.2, 0.25) is 0 Å². The van der Waals surface area contributed by atoms with Crippen LogP contribution in [-0.2, 0) is 38.0 Å². The van der Waals surface area contributed by atoms with Crippen molar-refractivity contribution in [3.05, 3.63) is 11.3 Å². The Morgan fingerprint density at radius 2 is 1.61 bits per heavy atom. The highest BCUT2D eigenvalue weighted by Crippen LogP contribution is 2.47. The Morgan fingerprint density at radius 3 is 2.20 bits per heavy atom. The van der Waals surface area contributed by atoms with Crippen LogP contribution in [0.3, 0.4) is 0 Å². The van der Waals surface area contributed by atoms with Crippen molar-refractivity contribution >= 4 is 5.97 Å². The zero-order chi connectivity index (χ0) is 38.4. The smallest absolute Gasteiger partial charge is 0.311 e. The summed E-state index contributed by atoms with van der Waals surface area (Å²) in [7, 11) is 3.68. The standard InChI is InChI=1S/C39H69NO11/c1-15-28-39(12,44)33(41)23(6)31-21(4)18-38(11,51-31)35(50-29-17-27(16-22(5)46-29)40(13)20(2)3)24(7)32(25(8)36(43)48-28)49-30-19-37(10,45-14)34(42)26(9)47-30/h20,22-30,32-35,41-42,44H,15-19H2,1-14H3/t22?,23-,24-,25+,26?,27?,28+,29?,30?,32-,33+,34?,35+,37?,38+,39+/m0/s1. The maximum atomic E-state index is 14.2. The van der Waals surface area contributed by atoms with Gasteiger partial charge in [-0.1, -0.05) is 20.8 Å². The molecule has 12 nitrogen and oxygen atoms in total. The van der Waals surface area contributed by atoms with E-state index >= 15 is 0 Å². The molecule has 0 spiro atoms. The molecular formula is C39H69NO11. The first kappa shape index (κ1) is 42.4. The Labute approximate surface area is 306 Å². The summed E-state index contributed by atoms with van der Waals surface area (Å²) in [4.78, 5) is 16.5. The SMILES string of the molecule is CC[C@H]1OC(=O)[C@H](C)[C@@H](OC2CC(C)(OC)C(O)C(C)O2)[C@H](C)[C@@H](OC2CC(N(C)C(C)C)CC(C)O2)[C@@]2(C)CC(C)=C(O2)[C@H](C)[C@@H](O)[C@]1(C)O. The van der Waals surface area contributed by atoms with Crippen LogP contribution >= 0.6 is 0 Å². The lowest BCUT2D eigenvalue weighted by Crippen LogP contribution is -2.59. The van der Waals surface area contributed by atoms with Crippen molar-refractivity contribution in [2.75, 3.05) is 14.2 Å². The molecule has 12 heteroatoms. The molecule has 7 unspecified atom stereocenters.